The Kier molecular flexibility index (Phi) is 6.78. The van der Waals surface area contributed by atoms with Crippen molar-refractivity contribution in [3.05, 3.63) is 41.6 Å². The summed E-state index contributed by atoms with van der Waals surface area (Å²) in [5.74, 6) is 3.04. The highest BCUT2D eigenvalue weighted by atomic mass is 16.3. The summed E-state index contributed by atoms with van der Waals surface area (Å²) < 4.78 is 0. The number of phenolic OH excluding ortho intramolecular Hbond substituents is 1. The Balaban J connectivity index is 1.24. The first-order valence-corrected chi connectivity index (χ1v) is 12.5. The fourth-order valence-corrected chi connectivity index (χ4v) is 6.87. The number of aliphatic hydroxyl groups is 2. The smallest absolute Gasteiger partial charge is 0.224 e. The van der Waals surface area contributed by atoms with Crippen molar-refractivity contribution in [2.45, 2.75) is 50.8 Å². The Morgan fingerprint density at radius 3 is 2.63 bits per heavy atom. The molecule has 0 radical (unpaired) electrons. The zero-order chi connectivity index (χ0) is 24.4. The molecule has 2 aromatic rings. The van der Waals surface area contributed by atoms with Crippen molar-refractivity contribution in [1.29, 1.82) is 5.26 Å². The number of anilines is 2. The van der Waals surface area contributed by atoms with Crippen LogP contribution in [0.25, 0.3) is 0 Å². The second-order valence-electron chi connectivity index (χ2n) is 10.6. The van der Waals surface area contributed by atoms with Crippen LogP contribution in [-0.4, -0.2) is 57.1 Å². The van der Waals surface area contributed by atoms with Gasteiger partial charge in [-0.15, -0.1) is 0 Å². The lowest BCUT2D eigenvalue weighted by Crippen LogP contribution is -2.60. The lowest BCUT2D eigenvalue weighted by atomic mass is 9.48. The zero-order valence-electron chi connectivity index (χ0n) is 19.8. The molecule has 6 N–H and O–H groups in total. The quantitative estimate of drug-likeness (QED) is 0.302. The average molecular weight is 479 g/mol. The molecule has 9 heteroatoms. The van der Waals surface area contributed by atoms with Crippen LogP contribution in [0.2, 0.25) is 0 Å². The third kappa shape index (κ3) is 5.06. The van der Waals surface area contributed by atoms with E-state index in [9.17, 15) is 15.5 Å². The van der Waals surface area contributed by atoms with Crippen molar-refractivity contribution in [3.8, 4) is 11.8 Å². The SMILES string of the molecule is N#Cc1cnc(NCc2ccccc2O)nc1NCC12CC3C[C@H](C1)C(NC[C@H](O)CO)[C@@H](C3)C2. The van der Waals surface area contributed by atoms with Crippen LogP contribution < -0.4 is 16.0 Å². The maximum atomic E-state index is 9.99. The standard InChI is InChI=1S/C26H34N6O3/c27-10-20-12-30-25(29-11-17-3-1-2-4-22(17)35)32-24(20)31-15-26-7-16-5-18(8-26)23(19(6-16)9-26)28-13-21(34)14-33/h1-4,12,16,18-19,21,23,28,33-35H,5-9,11,13-15H2,(H2,29,30,31,32)/t16?,18-,19+,21-,23?,26?/m0/s1. The van der Waals surface area contributed by atoms with E-state index in [0.717, 1.165) is 30.9 Å². The van der Waals surface area contributed by atoms with Crippen LogP contribution in [0.15, 0.2) is 30.5 Å². The molecule has 1 heterocycles. The van der Waals surface area contributed by atoms with E-state index < -0.39 is 6.10 Å². The van der Waals surface area contributed by atoms with Crippen molar-refractivity contribution < 1.29 is 15.3 Å². The Hall–Kier alpha value is -2.93. The van der Waals surface area contributed by atoms with Gasteiger partial charge in [0.05, 0.1) is 18.9 Å². The predicted molar refractivity (Wildman–Crippen MR) is 132 cm³/mol. The number of rotatable bonds is 10. The van der Waals surface area contributed by atoms with Gasteiger partial charge in [-0.1, -0.05) is 18.2 Å². The molecule has 0 saturated heterocycles. The number of nitriles is 1. The van der Waals surface area contributed by atoms with Crippen LogP contribution in [0.3, 0.4) is 0 Å². The highest BCUT2D eigenvalue weighted by Crippen LogP contribution is 2.60. The third-order valence-electron chi connectivity index (χ3n) is 8.17. The summed E-state index contributed by atoms with van der Waals surface area (Å²) in [4.78, 5) is 8.85. The van der Waals surface area contributed by atoms with E-state index in [0.29, 0.717) is 48.3 Å². The Morgan fingerprint density at radius 1 is 1.14 bits per heavy atom. The fraction of sp³-hybridized carbons (Fsp3) is 0.577. The lowest BCUT2D eigenvalue weighted by molar-refractivity contribution is -0.0719. The molecule has 4 bridgehead atoms. The van der Waals surface area contributed by atoms with E-state index in [4.69, 9.17) is 5.11 Å². The normalized spacial score (nSPS) is 29.5. The van der Waals surface area contributed by atoms with Gasteiger partial charge in [0.15, 0.2) is 0 Å². The number of aromatic nitrogens is 2. The van der Waals surface area contributed by atoms with Gasteiger partial charge in [0.1, 0.15) is 23.2 Å². The van der Waals surface area contributed by atoms with Gasteiger partial charge in [0, 0.05) is 31.2 Å². The molecule has 6 atom stereocenters. The number of phenols is 1. The molecule has 3 unspecified atom stereocenters. The minimum Gasteiger partial charge on any atom is -0.508 e. The van der Waals surface area contributed by atoms with Gasteiger partial charge in [-0.05, 0) is 61.3 Å². The molecule has 6 rings (SSSR count). The molecule has 0 amide bonds. The molecule has 1 aromatic heterocycles. The van der Waals surface area contributed by atoms with Crippen LogP contribution in [0.5, 0.6) is 5.75 Å². The van der Waals surface area contributed by atoms with Crippen LogP contribution in [-0.2, 0) is 6.54 Å². The molecule has 35 heavy (non-hydrogen) atoms. The van der Waals surface area contributed by atoms with E-state index in [1.807, 2.05) is 12.1 Å². The van der Waals surface area contributed by atoms with Crippen molar-refractivity contribution in [2.75, 3.05) is 30.3 Å². The maximum Gasteiger partial charge on any atom is 0.224 e. The van der Waals surface area contributed by atoms with E-state index >= 15 is 0 Å². The summed E-state index contributed by atoms with van der Waals surface area (Å²) in [5.41, 5.74) is 1.35. The number of hydrogen-bond acceptors (Lipinski definition) is 9. The number of benzene rings is 1. The van der Waals surface area contributed by atoms with Crippen molar-refractivity contribution in [2.24, 2.45) is 23.2 Å². The number of nitrogens with one attached hydrogen (secondary N) is 3. The van der Waals surface area contributed by atoms with Crippen LogP contribution in [0.4, 0.5) is 11.8 Å². The van der Waals surface area contributed by atoms with Gasteiger partial charge >= 0.3 is 0 Å². The molecule has 4 fully saturated rings. The molecule has 186 valence electrons. The number of nitrogens with zero attached hydrogens (tertiary/aromatic N) is 3. The van der Waals surface area contributed by atoms with Crippen LogP contribution in [0.1, 0.15) is 43.2 Å². The topological polar surface area (TPSA) is 146 Å². The molecule has 4 aliphatic rings. The summed E-state index contributed by atoms with van der Waals surface area (Å²) in [7, 11) is 0. The maximum absolute atomic E-state index is 9.99. The summed E-state index contributed by atoms with van der Waals surface area (Å²) in [6.45, 7) is 1.38. The number of aliphatic hydroxyl groups excluding tert-OH is 2. The molecule has 4 saturated carbocycles. The van der Waals surface area contributed by atoms with Crippen LogP contribution in [0, 0.1) is 34.5 Å². The van der Waals surface area contributed by atoms with Crippen molar-refractivity contribution in [3.63, 3.8) is 0 Å². The molecular formula is C26H34N6O3. The van der Waals surface area contributed by atoms with Gasteiger partial charge in [-0.3, -0.25) is 0 Å². The first kappa shape index (κ1) is 23.8. The highest BCUT2D eigenvalue weighted by molar-refractivity contribution is 5.53. The lowest BCUT2D eigenvalue weighted by Gasteiger charge is -2.60. The van der Waals surface area contributed by atoms with E-state index in [2.05, 4.69) is 32.0 Å². The zero-order valence-corrected chi connectivity index (χ0v) is 19.8. The van der Waals surface area contributed by atoms with Crippen molar-refractivity contribution >= 4 is 11.8 Å². The summed E-state index contributed by atoms with van der Waals surface area (Å²) in [6, 6.07) is 9.72. The molecule has 0 aliphatic heterocycles. The fourth-order valence-electron chi connectivity index (χ4n) is 6.87. The van der Waals surface area contributed by atoms with Gasteiger partial charge in [0.25, 0.3) is 0 Å². The number of hydrogen-bond donors (Lipinski definition) is 6. The van der Waals surface area contributed by atoms with Gasteiger partial charge in [-0.2, -0.15) is 10.2 Å². The average Bonchev–Trinajstić information content (AvgIpc) is 2.86. The number of aromatic hydroxyl groups is 1. The van der Waals surface area contributed by atoms with E-state index in [1.165, 1.54) is 25.5 Å². The largest absolute Gasteiger partial charge is 0.508 e. The minimum atomic E-state index is -0.710. The first-order chi connectivity index (χ1) is 17.0. The Morgan fingerprint density at radius 2 is 1.91 bits per heavy atom. The summed E-state index contributed by atoms with van der Waals surface area (Å²) >= 11 is 0. The first-order valence-electron chi connectivity index (χ1n) is 12.5. The third-order valence-corrected chi connectivity index (χ3v) is 8.17. The van der Waals surface area contributed by atoms with Gasteiger partial charge in [-0.25, -0.2) is 4.98 Å². The summed E-state index contributed by atoms with van der Waals surface area (Å²) in [5, 5.41) is 48.7. The summed E-state index contributed by atoms with van der Waals surface area (Å²) in [6.07, 6.45) is 6.71. The van der Waals surface area contributed by atoms with Gasteiger partial charge in [0.2, 0.25) is 5.95 Å². The second-order valence-corrected chi connectivity index (χ2v) is 10.6. The Labute approximate surface area is 205 Å². The monoisotopic (exact) mass is 478 g/mol. The molecule has 1 aromatic carbocycles. The van der Waals surface area contributed by atoms with E-state index in [-0.39, 0.29) is 17.8 Å². The Bertz CT molecular complexity index is 1070. The molecule has 4 aliphatic carbocycles. The molecular weight excluding hydrogens is 444 g/mol. The highest BCUT2D eigenvalue weighted by Gasteiger charge is 2.55. The van der Waals surface area contributed by atoms with Crippen LogP contribution >= 0.6 is 0 Å². The second kappa shape index (κ2) is 9.97. The van der Waals surface area contributed by atoms with Gasteiger partial charge < -0.3 is 31.3 Å². The number of para-hydroxylation sites is 1. The molecule has 0 spiro atoms. The van der Waals surface area contributed by atoms with Crippen molar-refractivity contribution in [1.82, 2.24) is 15.3 Å². The predicted octanol–water partition coefficient (Wildman–Crippen LogP) is 2.22. The van der Waals surface area contributed by atoms with E-state index in [1.54, 1.807) is 12.1 Å². The molecule has 9 nitrogen and oxygen atoms in total. The minimum absolute atomic E-state index is 0.186.